The minimum absolute atomic E-state index is 0.292. The molecule has 1 heterocycles. The van der Waals surface area contributed by atoms with Crippen LogP contribution in [-0.2, 0) is 0 Å². The van der Waals surface area contributed by atoms with Crippen LogP contribution in [0.1, 0.15) is 25.1 Å². The Morgan fingerprint density at radius 3 is 2.68 bits per heavy atom. The van der Waals surface area contributed by atoms with Gasteiger partial charge in [-0.1, -0.05) is 28.9 Å². The lowest BCUT2D eigenvalue weighted by Gasteiger charge is -2.13. The zero-order valence-electron chi connectivity index (χ0n) is 11.1. The van der Waals surface area contributed by atoms with Crippen LogP contribution in [0.5, 0.6) is 11.5 Å². The first kappa shape index (κ1) is 14.0. The van der Waals surface area contributed by atoms with Crippen LogP contribution in [0.3, 0.4) is 0 Å². The predicted octanol–water partition coefficient (Wildman–Crippen LogP) is 4.31. The van der Waals surface area contributed by atoms with Gasteiger partial charge in [0.25, 0.3) is 0 Å². The molecule has 0 fully saturated rings. The Morgan fingerprint density at radius 1 is 1.26 bits per heavy atom. The quantitative estimate of drug-likeness (QED) is 0.891. The van der Waals surface area contributed by atoms with E-state index in [0.717, 1.165) is 28.1 Å². The third kappa shape index (κ3) is 3.78. The Balaban J connectivity index is 2.10. The smallest absolute Gasteiger partial charge is 0.145 e. The molecule has 0 saturated heterocycles. The van der Waals surface area contributed by atoms with E-state index >= 15 is 0 Å². The van der Waals surface area contributed by atoms with Crippen molar-refractivity contribution in [3.63, 3.8) is 0 Å². The molecule has 3 nitrogen and oxygen atoms in total. The van der Waals surface area contributed by atoms with Gasteiger partial charge in [-0.15, -0.1) is 0 Å². The van der Waals surface area contributed by atoms with Crippen molar-refractivity contribution in [3.8, 4) is 11.5 Å². The fourth-order valence-corrected chi connectivity index (χ4v) is 2.26. The molecule has 0 saturated carbocycles. The fourth-order valence-electron chi connectivity index (χ4n) is 1.89. The highest BCUT2D eigenvalue weighted by Gasteiger charge is 2.08. The van der Waals surface area contributed by atoms with Crippen molar-refractivity contribution in [2.75, 3.05) is 7.05 Å². The SMILES string of the molecule is CCC(NC)c1ccc(Oc2cccc(Br)c2)cn1. The maximum atomic E-state index is 5.75. The molecule has 0 bridgehead atoms. The monoisotopic (exact) mass is 320 g/mol. The van der Waals surface area contributed by atoms with Gasteiger partial charge in [-0.3, -0.25) is 4.98 Å². The molecule has 0 aliphatic rings. The van der Waals surface area contributed by atoms with E-state index in [1.165, 1.54) is 0 Å². The lowest BCUT2D eigenvalue weighted by Crippen LogP contribution is -2.16. The van der Waals surface area contributed by atoms with Crippen LogP contribution >= 0.6 is 15.9 Å². The predicted molar refractivity (Wildman–Crippen MR) is 80.5 cm³/mol. The maximum absolute atomic E-state index is 5.75. The number of pyridine rings is 1. The van der Waals surface area contributed by atoms with E-state index in [-0.39, 0.29) is 0 Å². The van der Waals surface area contributed by atoms with Crippen LogP contribution in [-0.4, -0.2) is 12.0 Å². The summed E-state index contributed by atoms with van der Waals surface area (Å²) in [5, 5.41) is 3.24. The molecular formula is C15H17BrN2O. The second-order valence-electron chi connectivity index (χ2n) is 4.23. The van der Waals surface area contributed by atoms with E-state index in [4.69, 9.17) is 4.74 Å². The summed E-state index contributed by atoms with van der Waals surface area (Å²) in [6.45, 7) is 2.13. The number of aromatic nitrogens is 1. The van der Waals surface area contributed by atoms with E-state index in [0.29, 0.717) is 6.04 Å². The number of nitrogens with zero attached hydrogens (tertiary/aromatic N) is 1. The molecule has 0 aliphatic heterocycles. The van der Waals surface area contributed by atoms with Gasteiger partial charge in [0.05, 0.1) is 11.9 Å². The standard InChI is InChI=1S/C15H17BrN2O/c1-3-14(17-2)15-8-7-13(10-18-15)19-12-6-4-5-11(16)9-12/h4-10,14,17H,3H2,1-2H3. The molecule has 1 N–H and O–H groups in total. The van der Waals surface area contributed by atoms with Crippen molar-refractivity contribution in [3.05, 3.63) is 52.8 Å². The molecule has 0 amide bonds. The molecule has 100 valence electrons. The number of hydrogen-bond acceptors (Lipinski definition) is 3. The lowest BCUT2D eigenvalue weighted by molar-refractivity contribution is 0.477. The van der Waals surface area contributed by atoms with Crippen LogP contribution in [0.2, 0.25) is 0 Å². The van der Waals surface area contributed by atoms with Crippen LogP contribution < -0.4 is 10.1 Å². The summed E-state index contributed by atoms with van der Waals surface area (Å²) in [6, 6.07) is 12.0. The molecule has 0 radical (unpaired) electrons. The first-order valence-electron chi connectivity index (χ1n) is 6.29. The van der Waals surface area contributed by atoms with E-state index < -0.39 is 0 Å². The average molecular weight is 321 g/mol. The second kappa shape index (κ2) is 6.68. The molecule has 1 aromatic carbocycles. The van der Waals surface area contributed by atoms with Crippen LogP contribution in [0.25, 0.3) is 0 Å². The van der Waals surface area contributed by atoms with Crippen molar-refractivity contribution in [2.45, 2.75) is 19.4 Å². The number of hydrogen-bond donors (Lipinski definition) is 1. The Kier molecular flexibility index (Phi) is 4.93. The molecule has 1 aromatic heterocycles. The van der Waals surface area contributed by atoms with Gasteiger partial charge < -0.3 is 10.1 Å². The molecule has 1 atom stereocenters. The van der Waals surface area contributed by atoms with Crippen molar-refractivity contribution in [2.24, 2.45) is 0 Å². The summed E-state index contributed by atoms with van der Waals surface area (Å²) in [6.07, 6.45) is 2.77. The summed E-state index contributed by atoms with van der Waals surface area (Å²) in [4.78, 5) is 4.44. The minimum Gasteiger partial charge on any atom is -0.456 e. The maximum Gasteiger partial charge on any atom is 0.145 e. The molecule has 0 aliphatic carbocycles. The topological polar surface area (TPSA) is 34.1 Å². The molecule has 1 unspecified atom stereocenters. The fraction of sp³-hybridized carbons (Fsp3) is 0.267. The molecule has 19 heavy (non-hydrogen) atoms. The van der Waals surface area contributed by atoms with Crippen LogP contribution in [0, 0.1) is 0 Å². The number of halogens is 1. The van der Waals surface area contributed by atoms with Crippen molar-refractivity contribution >= 4 is 15.9 Å². The van der Waals surface area contributed by atoms with Gasteiger partial charge in [-0.2, -0.15) is 0 Å². The third-order valence-corrected chi connectivity index (χ3v) is 3.40. The lowest BCUT2D eigenvalue weighted by atomic mass is 10.1. The minimum atomic E-state index is 0.292. The Labute approximate surface area is 122 Å². The number of ether oxygens (including phenoxy) is 1. The normalized spacial score (nSPS) is 12.2. The summed E-state index contributed by atoms with van der Waals surface area (Å²) in [5.41, 5.74) is 1.03. The first-order chi connectivity index (χ1) is 9.22. The number of nitrogens with one attached hydrogen (secondary N) is 1. The van der Waals surface area contributed by atoms with Crippen molar-refractivity contribution < 1.29 is 4.74 Å². The second-order valence-corrected chi connectivity index (χ2v) is 5.14. The first-order valence-corrected chi connectivity index (χ1v) is 7.09. The average Bonchev–Trinajstić information content (AvgIpc) is 2.42. The van der Waals surface area contributed by atoms with Gasteiger partial charge in [0, 0.05) is 10.5 Å². The van der Waals surface area contributed by atoms with Crippen LogP contribution in [0.4, 0.5) is 0 Å². The van der Waals surface area contributed by atoms with Crippen molar-refractivity contribution in [1.29, 1.82) is 0 Å². The molecular weight excluding hydrogens is 304 g/mol. The van der Waals surface area contributed by atoms with E-state index in [9.17, 15) is 0 Å². The molecule has 2 rings (SSSR count). The summed E-state index contributed by atoms with van der Waals surface area (Å²) >= 11 is 3.42. The molecule has 0 spiro atoms. The zero-order chi connectivity index (χ0) is 13.7. The van der Waals surface area contributed by atoms with E-state index in [1.54, 1.807) is 6.20 Å². The van der Waals surface area contributed by atoms with E-state index in [1.807, 2.05) is 43.4 Å². The zero-order valence-corrected chi connectivity index (χ0v) is 12.6. The van der Waals surface area contributed by atoms with Crippen LogP contribution in [0.15, 0.2) is 47.1 Å². The Hall–Kier alpha value is -1.39. The van der Waals surface area contributed by atoms with Gasteiger partial charge in [0.15, 0.2) is 0 Å². The highest BCUT2D eigenvalue weighted by Crippen LogP contribution is 2.24. The highest BCUT2D eigenvalue weighted by atomic mass is 79.9. The Morgan fingerprint density at radius 2 is 2.11 bits per heavy atom. The Bertz CT molecular complexity index is 524. The van der Waals surface area contributed by atoms with Gasteiger partial charge in [0.1, 0.15) is 11.5 Å². The largest absolute Gasteiger partial charge is 0.456 e. The van der Waals surface area contributed by atoms with Gasteiger partial charge in [0.2, 0.25) is 0 Å². The van der Waals surface area contributed by atoms with Gasteiger partial charge in [-0.05, 0) is 43.8 Å². The molecule has 4 heteroatoms. The highest BCUT2D eigenvalue weighted by molar-refractivity contribution is 9.10. The van der Waals surface area contributed by atoms with Gasteiger partial charge >= 0.3 is 0 Å². The number of rotatable bonds is 5. The third-order valence-electron chi connectivity index (χ3n) is 2.90. The molecule has 2 aromatic rings. The summed E-state index contributed by atoms with van der Waals surface area (Å²) in [5.74, 6) is 1.54. The van der Waals surface area contributed by atoms with Gasteiger partial charge in [-0.25, -0.2) is 0 Å². The summed E-state index contributed by atoms with van der Waals surface area (Å²) < 4.78 is 6.74. The summed E-state index contributed by atoms with van der Waals surface area (Å²) in [7, 11) is 1.95. The van der Waals surface area contributed by atoms with Crippen molar-refractivity contribution in [1.82, 2.24) is 10.3 Å². The number of benzene rings is 1. The van der Waals surface area contributed by atoms with E-state index in [2.05, 4.69) is 33.2 Å².